The summed E-state index contributed by atoms with van der Waals surface area (Å²) in [6, 6.07) is 0. The number of phosphoric ester groups is 2. The number of phosphoric acid groups is 2. The lowest BCUT2D eigenvalue weighted by molar-refractivity contribution is -0.161. The third-order valence-electron chi connectivity index (χ3n) is 17.5. The molecule has 0 saturated carbocycles. The summed E-state index contributed by atoms with van der Waals surface area (Å²) in [6.07, 6.45) is 50.2. The quantitative estimate of drug-likeness (QED) is 0.0222. The molecule has 0 amide bonds. The number of carbonyl (C=O) groups is 4. The van der Waals surface area contributed by atoms with Crippen molar-refractivity contribution in [3.8, 4) is 0 Å². The molecule has 3 N–H and O–H groups in total. The average Bonchev–Trinajstić information content (AvgIpc) is 3.25. The van der Waals surface area contributed by atoms with E-state index in [9.17, 15) is 43.2 Å². The summed E-state index contributed by atoms with van der Waals surface area (Å²) >= 11 is 0. The van der Waals surface area contributed by atoms with E-state index in [1.165, 1.54) is 180 Å². The lowest BCUT2D eigenvalue weighted by atomic mass is 10.00. The normalized spacial score (nSPS) is 14.4. The molecule has 552 valence electrons. The van der Waals surface area contributed by atoms with Crippen molar-refractivity contribution in [3.63, 3.8) is 0 Å². The zero-order valence-corrected chi connectivity index (χ0v) is 62.5. The Bertz CT molecular complexity index is 1820. The first-order valence-corrected chi connectivity index (χ1v) is 41.4. The first kappa shape index (κ1) is 91.1. The molecule has 93 heavy (non-hydrogen) atoms. The predicted octanol–water partition coefficient (Wildman–Crippen LogP) is 21.4. The average molecular weight is 1370 g/mol. The Hall–Kier alpha value is -1.94. The van der Waals surface area contributed by atoms with Gasteiger partial charge in [-0.2, -0.15) is 0 Å². The van der Waals surface area contributed by atoms with Crippen LogP contribution in [0.4, 0.5) is 0 Å². The van der Waals surface area contributed by atoms with E-state index in [-0.39, 0.29) is 25.7 Å². The van der Waals surface area contributed by atoms with Gasteiger partial charge in [0.2, 0.25) is 0 Å². The number of hydrogen-bond donors (Lipinski definition) is 3. The summed E-state index contributed by atoms with van der Waals surface area (Å²) in [5.74, 6) is 0.0595. The van der Waals surface area contributed by atoms with Crippen molar-refractivity contribution in [2.24, 2.45) is 17.8 Å². The highest BCUT2D eigenvalue weighted by Crippen LogP contribution is 2.45. The molecule has 0 aromatic heterocycles. The van der Waals surface area contributed by atoms with Crippen LogP contribution in [0.25, 0.3) is 0 Å². The first-order chi connectivity index (χ1) is 44.8. The zero-order chi connectivity index (χ0) is 68.7. The van der Waals surface area contributed by atoms with E-state index < -0.39 is 97.5 Å². The molecule has 19 heteroatoms. The molecule has 0 aliphatic heterocycles. The summed E-state index contributed by atoms with van der Waals surface area (Å²) < 4.78 is 68.4. The largest absolute Gasteiger partial charge is 0.472 e. The van der Waals surface area contributed by atoms with Gasteiger partial charge in [0.15, 0.2) is 12.2 Å². The van der Waals surface area contributed by atoms with E-state index >= 15 is 0 Å². The van der Waals surface area contributed by atoms with Gasteiger partial charge in [0, 0.05) is 25.7 Å². The van der Waals surface area contributed by atoms with Gasteiger partial charge >= 0.3 is 39.5 Å². The van der Waals surface area contributed by atoms with E-state index in [2.05, 4.69) is 48.5 Å². The predicted molar refractivity (Wildman–Crippen MR) is 377 cm³/mol. The van der Waals surface area contributed by atoms with E-state index in [4.69, 9.17) is 37.0 Å². The maximum atomic E-state index is 13.1. The van der Waals surface area contributed by atoms with Crippen molar-refractivity contribution in [1.29, 1.82) is 0 Å². The standard InChI is InChI=1S/C74H144O17P2/c1-8-10-11-12-13-14-15-16-17-18-19-20-21-22-23-24-29-34-43-50-57-73(78)90-69(61-84-71(76)55-48-41-33-28-26-25-27-31-38-45-52-65(3)4)63-88-92(80,81)86-59-68(75)60-87-93(82,83)89-64-70(91-74(79)58-51-44-35-30-32-39-46-53-66(5)6)62-85-72(77)56-49-42-37-36-40-47-54-67(7)9-2/h65-70,75H,8-64H2,1-7H3,(H,80,81)(H,82,83)/t67?,68-,69-,70-/m1/s1. The van der Waals surface area contributed by atoms with Crippen LogP contribution in [0.1, 0.15) is 376 Å². The molecule has 0 spiro atoms. The lowest BCUT2D eigenvalue weighted by Gasteiger charge is -2.21. The highest BCUT2D eigenvalue weighted by atomic mass is 31.2. The minimum absolute atomic E-state index is 0.102. The van der Waals surface area contributed by atoms with Gasteiger partial charge in [0.1, 0.15) is 19.3 Å². The molecule has 0 fully saturated rings. The van der Waals surface area contributed by atoms with Gasteiger partial charge in [-0.25, -0.2) is 9.13 Å². The van der Waals surface area contributed by atoms with Gasteiger partial charge < -0.3 is 33.8 Å². The molecular formula is C74H144O17P2. The van der Waals surface area contributed by atoms with Crippen molar-refractivity contribution in [3.05, 3.63) is 0 Å². The van der Waals surface area contributed by atoms with Gasteiger partial charge in [0.05, 0.1) is 26.4 Å². The van der Waals surface area contributed by atoms with Crippen molar-refractivity contribution in [1.82, 2.24) is 0 Å². The Morgan fingerprint density at radius 2 is 0.548 bits per heavy atom. The fraction of sp³-hybridized carbons (Fsp3) is 0.946. The zero-order valence-electron chi connectivity index (χ0n) is 60.7. The van der Waals surface area contributed by atoms with E-state index in [0.717, 1.165) is 108 Å². The second-order valence-corrected chi connectivity index (χ2v) is 30.8. The van der Waals surface area contributed by atoms with Gasteiger partial charge in [0.25, 0.3) is 0 Å². The van der Waals surface area contributed by atoms with Crippen LogP contribution in [0.2, 0.25) is 0 Å². The molecule has 0 radical (unpaired) electrons. The minimum Gasteiger partial charge on any atom is -0.462 e. The fourth-order valence-electron chi connectivity index (χ4n) is 11.2. The summed E-state index contributed by atoms with van der Waals surface area (Å²) in [4.78, 5) is 72.6. The number of aliphatic hydroxyl groups is 1. The van der Waals surface area contributed by atoms with Crippen LogP contribution >= 0.6 is 15.6 Å². The van der Waals surface area contributed by atoms with Crippen LogP contribution in [0.15, 0.2) is 0 Å². The van der Waals surface area contributed by atoms with Crippen molar-refractivity contribution >= 4 is 39.5 Å². The van der Waals surface area contributed by atoms with Crippen LogP contribution < -0.4 is 0 Å². The van der Waals surface area contributed by atoms with Crippen LogP contribution in [0.3, 0.4) is 0 Å². The van der Waals surface area contributed by atoms with Crippen molar-refractivity contribution in [2.75, 3.05) is 39.6 Å². The molecule has 0 bridgehead atoms. The highest BCUT2D eigenvalue weighted by molar-refractivity contribution is 7.47. The van der Waals surface area contributed by atoms with Crippen LogP contribution in [0, 0.1) is 17.8 Å². The SMILES string of the molecule is CCCCCCCCCCCCCCCCCCCCCCC(=O)O[C@H](COC(=O)CCCCCCCCCCCCC(C)C)COP(=O)(O)OC[C@@H](O)COP(=O)(O)OC[C@@H](COC(=O)CCCCCCCCC(C)CC)OC(=O)CCCCCCCCCC(C)C. The minimum atomic E-state index is -4.96. The Morgan fingerprint density at radius 3 is 0.817 bits per heavy atom. The number of carbonyl (C=O) groups excluding carboxylic acids is 4. The smallest absolute Gasteiger partial charge is 0.462 e. The molecular weight excluding hydrogens is 1220 g/mol. The van der Waals surface area contributed by atoms with Crippen LogP contribution in [-0.4, -0.2) is 96.7 Å². The van der Waals surface area contributed by atoms with Crippen LogP contribution in [-0.2, 0) is 65.4 Å². The summed E-state index contributed by atoms with van der Waals surface area (Å²) in [5, 5.41) is 10.6. The van der Waals surface area contributed by atoms with E-state index in [1.54, 1.807) is 0 Å². The molecule has 0 aliphatic rings. The summed E-state index contributed by atoms with van der Waals surface area (Å²) in [6.45, 7) is 11.8. The third kappa shape index (κ3) is 67.0. The van der Waals surface area contributed by atoms with Gasteiger partial charge in [-0.3, -0.25) is 37.3 Å². The molecule has 3 unspecified atom stereocenters. The summed E-state index contributed by atoms with van der Waals surface area (Å²) in [7, 11) is -9.91. The number of esters is 4. The number of hydrogen-bond acceptors (Lipinski definition) is 15. The number of ether oxygens (including phenoxy) is 4. The third-order valence-corrected chi connectivity index (χ3v) is 19.4. The molecule has 0 rings (SSSR count). The number of aliphatic hydroxyl groups excluding tert-OH is 1. The number of rotatable bonds is 72. The lowest BCUT2D eigenvalue weighted by Crippen LogP contribution is -2.30. The Balaban J connectivity index is 5.20. The molecule has 0 aromatic rings. The van der Waals surface area contributed by atoms with Crippen molar-refractivity contribution < 1.29 is 80.2 Å². The first-order valence-electron chi connectivity index (χ1n) is 38.4. The maximum absolute atomic E-state index is 13.1. The topological polar surface area (TPSA) is 237 Å². The molecule has 0 heterocycles. The van der Waals surface area contributed by atoms with Gasteiger partial charge in [-0.1, -0.05) is 325 Å². The molecule has 17 nitrogen and oxygen atoms in total. The second kappa shape index (κ2) is 64.7. The Morgan fingerprint density at radius 1 is 0.312 bits per heavy atom. The van der Waals surface area contributed by atoms with Gasteiger partial charge in [-0.15, -0.1) is 0 Å². The molecule has 0 saturated heterocycles. The summed E-state index contributed by atoms with van der Waals surface area (Å²) in [5.41, 5.74) is 0. The Kier molecular flexibility index (Phi) is 63.4. The van der Waals surface area contributed by atoms with E-state index in [0.29, 0.717) is 31.6 Å². The fourth-order valence-corrected chi connectivity index (χ4v) is 12.8. The maximum Gasteiger partial charge on any atom is 0.472 e. The Labute approximate surface area is 568 Å². The van der Waals surface area contributed by atoms with E-state index in [1.807, 2.05) is 0 Å². The highest BCUT2D eigenvalue weighted by Gasteiger charge is 2.30. The number of unbranched alkanes of at least 4 members (excludes halogenated alkanes) is 39. The second-order valence-electron chi connectivity index (χ2n) is 27.9. The molecule has 0 aromatic carbocycles. The monoisotopic (exact) mass is 1370 g/mol. The molecule has 6 atom stereocenters. The van der Waals surface area contributed by atoms with Gasteiger partial charge in [-0.05, 0) is 43.4 Å². The van der Waals surface area contributed by atoms with Crippen molar-refractivity contribution in [2.45, 2.75) is 394 Å². The molecule has 0 aliphatic carbocycles. The van der Waals surface area contributed by atoms with Crippen LogP contribution in [0.5, 0.6) is 0 Å².